The average Bonchev–Trinajstić information content (AvgIpc) is 2.73. The average molecular weight is 405 g/mol. The predicted octanol–water partition coefficient (Wildman–Crippen LogP) is 4.15. The Morgan fingerprint density at radius 2 is 1.70 bits per heavy atom. The first-order valence-corrected chi connectivity index (χ1v) is 10.1. The third kappa shape index (κ3) is 7.01. The van der Waals surface area contributed by atoms with Crippen molar-refractivity contribution in [3.05, 3.63) is 84.2 Å². The number of hydrogen-bond donors (Lipinski definition) is 2. The largest absolute Gasteiger partial charge is 0.493 e. The minimum Gasteiger partial charge on any atom is -0.493 e. The summed E-state index contributed by atoms with van der Waals surface area (Å²) < 4.78 is 5.67. The SMILES string of the molecule is CC(C)(O)CCOc1ccc(-c2ccc(CC(=O)NCc3ccccc3)nc2)cc1. The van der Waals surface area contributed by atoms with Crippen LogP contribution in [0.25, 0.3) is 11.1 Å². The van der Waals surface area contributed by atoms with Crippen LogP contribution in [0.2, 0.25) is 0 Å². The van der Waals surface area contributed by atoms with E-state index < -0.39 is 5.60 Å². The van der Waals surface area contributed by atoms with Crippen molar-refractivity contribution in [3.8, 4) is 16.9 Å². The summed E-state index contributed by atoms with van der Waals surface area (Å²) in [5.41, 5.74) is 3.08. The standard InChI is InChI=1S/C25H28N2O3/c1-25(2,29)14-15-30-23-12-9-20(10-13-23)21-8-11-22(26-18-21)16-24(28)27-17-19-6-4-3-5-7-19/h3-13,18,29H,14-17H2,1-2H3,(H,27,28). The highest BCUT2D eigenvalue weighted by atomic mass is 16.5. The van der Waals surface area contributed by atoms with Gasteiger partial charge in [-0.3, -0.25) is 9.78 Å². The van der Waals surface area contributed by atoms with Gasteiger partial charge in [-0.1, -0.05) is 48.5 Å². The second-order valence-electron chi connectivity index (χ2n) is 7.91. The zero-order valence-electron chi connectivity index (χ0n) is 17.5. The lowest BCUT2D eigenvalue weighted by atomic mass is 10.1. The Bertz CT molecular complexity index is 931. The van der Waals surface area contributed by atoms with E-state index in [-0.39, 0.29) is 12.3 Å². The molecule has 5 nitrogen and oxygen atoms in total. The number of rotatable bonds is 9. The van der Waals surface area contributed by atoms with Gasteiger partial charge >= 0.3 is 0 Å². The molecule has 0 fully saturated rings. The summed E-state index contributed by atoms with van der Waals surface area (Å²) in [6.07, 6.45) is 2.60. The quantitative estimate of drug-likeness (QED) is 0.562. The molecule has 1 amide bonds. The van der Waals surface area contributed by atoms with Gasteiger partial charge in [0.1, 0.15) is 5.75 Å². The number of aliphatic hydroxyl groups is 1. The smallest absolute Gasteiger partial charge is 0.226 e. The van der Waals surface area contributed by atoms with Gasteiger partial charge in [0, 0.05) is 30.4 Å². The molecule has 1 aromatic heterocycles. The summed E-state index contributed by atoms with van der Waals surface area (Å²) in [6.45, 7) is 4.51. The fraction of sp³-hybridized carbons (Fsp3) is 0.280. The van der Waals surface area contributed by atoms with Gasteiger partial charge < -0.3 is 15.2 Å². The number of carbonyl (C=O) groups excluding carboxylic acids is 1. The lowest BCUT2D eigenvalue weighted by Gasteiger charge is -2.17. The van der Waals surface area contributed by atoms with Crippen molar-refractivity contribution in [3.63, 3.8) is 0 Å². The van der Waals surface area contributed by atoms with Gasteiger partial charge in [0.15, 0.2) is 0 Å². The van der Waals surface area contributed by atoms with Crippen molar-refractivity contribution in [2.24, 2.45) is 0 Å². The maximum absolute atomic E-state index is 12.1. The molecule has 2 N–H and O–H groups in total. The van der Waals surface area contributed by atoms with Gasteiger partial charge in [-0.2, -0.15) is 0 Å². The van der Waals surface area contributed by atoms with Crippen LogP contribution >= 0.6 is 0 Å². The van der Waals surface area contributed by atoms with Crippen molar-refractivity contribution in [1.29, 1.82) is 0 Å². The monoisotopic (exact) mass is 404 g/mol. The molecule has 0 saturated heterocycles. The second-order valence-corrected chi connectivity index (χ2v) is 7.91. The number of nitrogens with zero attached hydrogens (tertiary/aromatic N) is 1. The second kappa shape index (κ2) is 10.0. The molecule has 0 aliphatic carbocycles. The minimum atomic E-state index is -0.730. The summed E-state index contributed by atoms with van der Waals surface area (Å²) in [5, 5.41) is 12.7. The van der Waals surface area contributed by atoms with Crippen LogP contribution in [-0.4, -0.2) is 28.2 Å². The van der Waals surface area contributed by atoms with Gasteiger partial charge in [0.2, 0.25) is 5.91 Å². The lowest BCUT2D eigenvalue weighted by Crippen LogP contribution is -2.24. The number of nitrogens with one attached hydrogen (secondary N) is 1. The molecule has 0 atom stereocenters. The van der Waals surface area contributed by atoms with E-state index in [1.165, 1.54) is 0 Å². The van der Waals surface area contributed by atoms with Gasteiger partial charge in [0.25, 0.3) is 0 Å². The highest BCUT2D eigenvalue weighted by molar-refractivity contribution is 5.78. The van der Waals surface area contributed by atoms with Crippen molar-refractivity contribution in [2.45, 2.75) is 38.8 Å². The van der Waals surface area contributed by atoms with Crippen LogP contribution in [0.1, 0.15) is 31.5 Å². The van der Waals surface area contributed by atoms with Crippen LogP contribution < -0.4 is 10.1 Å². The molecule has 3 rings (SSSR count). The van der Waals surface area contributed by atoms with Crippen LogP contribution in [0.4, 0.5) is 0 Å². The summed E-state index contributed by atoms with van der Waals surface area (Å²) in [7, 11) is 0. The van der Waals surface area contributed by atoms with Crippen molar-refractivity contribution in [2.75, 3.05) is 6.61 Å². The molecule has 30 heavy (non-hydrogen) atoms. The van der Waals surface area contributed by atoms with E-state index in [1.54, 1.807) is 20.0 Å². The minimum absolute atomic E-state index is 0.0494. The number of amides is 1. The van der Waals surface area contributed by atoms with Crippen LogP contribution in [0, 0.1) is 0 Å². The van der Waals surface area contributed by atoms with Crippen molar-refractivity contribution >= 4 is 5.91 Å². The molecule has 0 aliphatic rings. The Morgan fingerprint density at radius 3 is 2.33 bits per heavy atom. The molecular weight excluding hydrogens is 376 g/mol. The number of ether oxygens (including phenoxy) is 1. The van der Waals surface area contributed by atoms with E-state index in [1.807, 2.05) is 66.7 Å². The van der Waals surface area contributed by atoms with Crippen molar-refractivity contribution in [1.82, 2.24) is 10.3 Å². The zero-order valence-corrected chi connectivity index (χ0v) is 17.5. The maximum atomic E-state index is 12.1. The summed E-state index contributed by atoms with van der Waals surface area (Å²) in [4.78, 5) is 16.6. The van der Waals surface area contributed by atoms with Gasteiger partial charge in [-0.05, 0) is 43.2 Å². The molecule has 0 radical (unpaired) electrons. The molecule has 3 aromatic rings. The van der Waals surface area contributed by atoms with Crippen LogP contribution in [-0.2, 0) is 17.8 Å². The third-order valence-corrected chi connectivity index (χ3v) is 4.67. The van der Waals surface area contributed by atoms with Crippen LogP contribution in [0.3, 0.4) is 0 Å². The van der Waals surface area contributed by atoms with E-state index in [0.717, 1.165) is 28.1 Å². The Balaban J connectivity index is 1.50. The topological polar surface area (TPSA) is 71.5 Å². The Kier molecular flexibility index (Phi) is 7.20. The first-order valence-electron chi connectivity index (χ1n) is 10.1. The summed E-state index contributed by atoms with van der Waals surface area (Å²) in [6, 6.07) is 21.4. The highest BCUT2D eigenvalue weighted by Crippen LogP contribution is 2.22. The molecule has 1 heterocycles. The van der Waals surface area contributed by atoms with E-state index in [9.17, 15) is 9.90 Å². The summed E-state index contributed by atoms with van der Waals surface area (Å²) >= 11 is 0. The van der Waals surface area contributed by atoms with Gasteiger partial charge in [-0.25, -0.2) is 0 Å². The normalized spacial score (nSPS) is 11.2. The molecule has 0 aliphatic heterocycles. The maximum Gasteiger partial charge on any atom is 0.226 e. The lowest BCUT2D eigenvalue weighted by molar-refractivity contribution is -0.120. The zero-order chi connectivity index (χ0) is 21.4. The Labute approximate surface area is 177 Å². The number of hydrogen-bond acceptors (Lipinski definition) is 4. The molecule has 0 saturated carbocycles. The van der Waals surface area contributed by atoms with Crippen LogP contribution in [0.15, 0.2) is 72.9 Å². The van der Waals surface area contributed by atoms with Crippen LogP contribution in [0.5, 0.6) is 5.75 Å². The molecule has 5 heteroatoms. The molecular formula is C25H28N2O3. The van der Waals surface area contributed by atoms with Gasteiger partial charge in [0.05, 0.1) is 18.6 Å². The number of benzene rings is 2. The molecule has 0 bridgehead atoms. The fourth-order valence-electron chi connectivity index (χ4n) is 2.89. The van der Waals surface area contributed by atoms with E-state index in [0.29, 0.717) is 19.6 Å². The Morgan fingerprint density at radius 1 is 1.00 bits per heavy atom. The van der Waals surface area contributed by atoms with Crippen molar-refractivity contribution < 1.29 is 14.6 Å². The van der Waals surface area contributed by atoms with Gasteiger partial charge in [-0.15, -0.1) is 0 Å². The third-order valence-electron chi connectivity index (χ3n) is 4.67. The fourth-order valence-corrected chi connectivity index (χ4v) is 2.89. The molecule has 2 aromatic carbocycles. The first-order chi connectivity index (χ1) is 14.4. The molecule has 0 unspecified atom stereocenters. The highest BCUT2D eigenvalue weighted by Gasteiger charge is 2.12. The van der Waals surface area contributed by atoms with E-state index in [4.69, 9.17) is 4.74 Å². The first kappa shape index (κ1) is 21.5. The molecule has 0 spiro atoms. The molecule has 156 valence electrons. The number of aromatic nitrogens is 1. The van der Waals surface area contributed by atoms with E-state index >= 15 is 0 Å². The number of carbonyl (C=O) groups is 1. The number of pyridine rings is 1. The summed E-state index contributed by atoms with van der Waals surface area (Å²) in [5.74, 6) is 0.717. The van der Waals surface area contributed by atoms with E-state index in [2.05, 4.69) is 10.3 Å². The predicted molar refractivity (Wildman–Crippen MR) is 118 cm³/mol. The Hall–Kier alpha value is -3.18.